The quantitative estimate of drug-likeness (QED) is 0.569. The van der Waals surface area contributed by atoms with Gasteiger partial charge in [0.25, 0.3) is 0 Å². The largest absolute Gasteiger partial charge is 0.497 e. The minimum Gasteiger partial charge on any atom is -0.497 e. The first-order valence-corrected chi connectivity index (χ1v) is 8.69. The van der Waals surface area contributed by atoms with E-state index in [2.05, 4.69) is 15.6 Å². The minimum absolute atomic E-state index is 0.0148. The zero-order valence-corrected chi connectivity index (χ0v) is 16.0. The number of hydrogen-bond donors (Lipinski definition) is 2. The van der Waals surface area contributed by atoms with Gasteiger partial charge in [0, 0.05) is 17.7 Å². The Morgan fingerprint density at radius 3 is 2.56 bits per heavy atom. The molecule has 2 aromatic carbocycles. The molecule has 2 aromatic rings. The van der Waals surface area contributed by atoms with Crippen LogP contribution in [0.2, 0.25) is 0 Å². The van der Waals surface area contributed by atoms with Crippen molar-refractivity contribution in [3.05, 3.63) is 59.2 Å². The van der Waals surface area contributed by atoms with Gasteiger partial charge in [-0.05, 0) is 50.2 Å². The predicted molar refractivity (Wildman–Crippen MR) is 102 cm³/mol. The van der Waals surface area contributed by atoms with Crippen LogP contribution in [-0.2, 0) is 6.54 Å². The van der Waals surface area contributed by atoms with E-state index >= 15 is 0 Å². The van der Waals surface area contributed by atoms with Gasteiger partial charge in [-0.2, -0.15) is 0 Å². The van der Waals surface area contributed by atoms with Gasteiger partial charge in [0.2, 0.25) is 0 Å². The standard InChI is InChI=1S/C20H25F2N3O2/c1-5-23-20(24-12-14-10-15(21)6-8-18(14)22)25-13(2)17-11-16(26-3)7-9-19(17)27-4/h6-11,13H,5,12H2,1-4H3,(H2,23,24,25). The molecular formula is C20H25F2N3O2. The molecule has 0 heterocycles. The Hall–Kier alpha value is -2.83. The molecule has 0 aromatic heterocycles. The molecule has 0 saturated carbocycles. The second-order valence-electron chi connectivity index (χ2n) is 5.90. The van der Waals surface area contributed by atoms with Gasteiger partial charge in [0.15, 0.2) is 5.96 Å². The SMILES string of the molecule is CCNC(=NCc1cc(F)ccc1F)NC(C)c1cc(OC)ccc1OC. The van der Waals surface area contributed by atoms with Gasteiger partial charge >= 0.3 is 0 Å². The summed E-state index contributed by atoms with van der Waals surface area (Å²) in [5.74, 6) is 0.928. The molecule has 1 atom stereocenters. The lowest BCUT2D eigenvalue weighted by atomic mass is 10.1. The van der Waals surface area contributed by atoms with Crippen LogP contribution in [0.25, 0.3) is 0 Å². The Morgan fingerprint density at radius 2 is 1.89 bits per heavy atom. The zero-order valence-electron chi connectivity index (χ0n) is 16.0. The molecule has 0 spiro atoms. The number of nitrogens with one attached hydrogen (secondary N) is 2. The summed E-state index contributed by atoms with van der Waals surface area (Å²) in [5.41, 5.74) is 1.08. The van der Waals surface area contributed by atoms with E-state index in [1.54, 1.807) is 14.2 Å². The zero-order chi connectivity index (χ0) is 19.8. The van der Waals surface area contributed by atoms with Crippen LogP contribution in [0.3, 0.4) is 0 Å². The van der Waals surface area contributed by atoms with Crippen molar-refractivity contribution in [3.63, 3.8) is 0 Å². The van der Waals surface area contributed by atoms with Crippen LogP contribution in [0.1, 0.15) is 31.0 Å². The van der Waals surface area contributed by atoms with E-state index in [1.807, 2.05) is 32.0 Å². The molecule has 0 fully saturated rings. The summed E-state index contributed by atoms with van der Waals surface area (Å²) in [4.78, 5) is 4.36. The maximum Gasteiger partial charge on any atom is 0.192 e. The summed E-state index contributed by atoms with van der Waals surface area (Å²) in [6.07, 6.45) is 0. The van der Waals surface area contributed by atoms with Gasteiger partial charge < -0.3 is 20.1 Å². The van der Waals surface area contributed by atoms with E-state index in [4.69, 9.17) is 9.47 Å². The number of guanidine groups is 1. The second-order valence-corrected chi connectivity index (χ2v) is 5.90. The van der Waals surface area contributed by atoms with Crippen LogP contribution in [0, 0.1) is 11.6 Å². The Morgan fingerprint density at radius 1 is 1.11 bits per heavy atom. The summed E-state index contributed by atoms with van der Waals surface area (Å²) < 4.78 is 37.8. The van der Waals surface area contributed by atoms with Gasteiger partial charge in [-0.25, -0.2) is 13.8 Å². The van der Waals surface area contributed by atoms with Crippen molar-refractivity contribution in [1.82, 2.24) is 10.6 Å². The number of benzene rings is 2. The topological polar surface area (TPSA) is 54.9 Å². The molecule has 0 bridgehead atoms. The fourth-order valence-electron chi connectivity index (χ4n) is 2.61. The molecule has 5 nitrogen and oxygen atoms in total. The van der Waals surface area contributed by atoms with Crippen LogP contribution >= 0.6 is 0 Å². The summed E-state index contributed by atoms with van der Waals surface area (Å²) in [7, 11) is 3.20. The van der Waals surface area contributed by atoms with E-state index < -0.39 is 11.6 Å². The van der Waals surface area contributed by atoms with E-state index in [9.17, 15) is 8.78 Å². The lowest BCUT2D eigenvalue weighted by Gasteiger charge is -2.21. The van der Waals surface area contributed by atoms with Gasteiger partial charge in [-0.3, -0.25) is 0 Å². The molecule has 1 unspecified atom stereocenters. The lowest BCUT2D eigenvalue weighted by molar-refractivity contribution is 0.394. The average molecular weight is 377 g/mol. The number of halogens is 2. The smallest absolute Gasteiger partial charge is 0.192 e. The van der Waals surface area contributed by atoms with E-state index in [1.165, 1.54) is 0 Å². The third kappa shape index (κ3) is 5.57. The van der Waals surface area contributed by atoms with Crippen molar-refractivity contribution in [1.29, 1.82) is 0 Å². The van der Waals surface area contributed by atoms with Crippen LogP contribution in [0.15, 0.2) is 41.4 Å². The van der Waals surface area contributed by atoms with E-state index in [0.29, 0.717) is 24.0 Å². The number of ether oxygens (including phenoxy) is 2. The van der Waals surface area contributed by atoms with Gasteiger partial charge in [0.05, 0.1) is 26.8 Å². The summed E-state index contributed by atoms with van der Waals surface area (Å²) >= 11 is 0. The van der Waals surface area contributed by atoms with Crippen molar-refractivity contribution in [2.45, 2.75) is 26.4 Å². The number of nitrogens with zero attached hydrogens (tertiary/aromatic N) is 1. The highest BCUT2D eigenvalue weighted by Crippen LogP contribution is 2.29. The van der Waals surface area contributed by atoms with Crippen molar-refractivity contribution < 1.29 is 18.3 Å². The number of methoxy groups -OCH3 is 2. The Balaban J connectivity index is 2.21. The third-order valence-corrected chi connectivity index (χ3v) is 4.02. The molecule has 146 valence electrons. The van der Waals surface area contributed by atoms with Crippen molar-refractivity contribution in [2.24, 2.45) is 4.99 Å². The molecule has 0 aliphatic carbocycles. The van der Waals surface area contributed by atoms with Crippen molar-refractivity contribution in [2.75, 3.05) is 20.8 Å². The lowest BCUT2D eigenvalue weighted by Crippen LogP contribution is -2.38. The minimum atomic E-state index is -0.492. The molecular weight excluding hydrogens is 352 g/mol. The molecule has 0 aliphatic rings. The maximum absolute atomic E-state index is 13.8. The first kappa shape index (κ1) is 20.5. The van der Waals surface area contributed by atoms with E-state index in [0.717, 1.165) is 23.8 Å². The van der Waals surface area contributed by atoms with E-state index in [-0.39, 0.29) is 18.2 Å². The molecule has 2 rings (SSSR count). The molecule has 2 N–H and O–H groups in total. The maximum atomic E-state index is 13.8. The third-order valence-electron chi connectivity index (χ3n) is 4.02. The Labute approximate surface area is 158 Å². The summed E-state index contributed by atoms with van der Waals surface area (Å²) in [6.45, 7) is 4.52. The van der Waals surface area contributed by atoms with Crippen molar-refractivity contribution in [3.8, 4) is 11.5 Å². The Bertz CT molecular complexity index is 797. The number of hydrogen-bond acceptors (Lipinski definition) is 3. The van der Waals surface area contributed by atoms with Crippen LogP contribution in [0.4, 0.5) is 8.78 Å². The molecule has 7 heteroatoms. The van der Waals surface area contributed by atoms with Crippen LogP contribution < -0.4 is 20.1 Å². The van der Waals surface area contributed by atoms with Gasteiger partial charge in [-0.1, -0.05) is 0 Å². The first-order valence-electron chi connectivity index (χ1n) is 8.69. The van der Waals surface area contributed by atoms with Gasteiger partial charge in [0.1, 0.15) is 23.1 Å². The fourth-order valence-corrected chi connectivity index (χ4v) is 2.61. The molecule has 0 aliphatic heterocycles. The predicted octanol–water partition coefficient (Wildman–Crippen LogP) is 3.80. The monoisotopic (exact) mass is 377 g/mol. The highest BCUT2D eigenvalue weighted by atomic mass is 19.1. The second kappa shape index (κ2) is 9.75. The normalized spacial score (nSPS) is 12.4. The average Bonchev–Trinajstić information content (AvgIpc) is 2.68. The molecule has 0 radical (unpaired) electrons. The highest BCUT2D eigenvalue weighted by molar-refractivity contribution is 5.80. The highest BCUT2D eigenvalue weighted by Gasteiger charge is 2.14. The number of rotatable bonds is 7. The van der Waals surface area contributed by atoms with Crippen LogP contribution in [-0.4, -0.2) is 26.7 Å². The molecule has 0 saturated heterocycles. The fraction of sp³-hybridized carbons (Fsp3) is 0.350. The summed E-state index contributed by atoms with van der Waals surface area (Å²) in [5, 5.41) is 6.36. The molecule has 27 heavy (non-hydrogen) atoms. The molecule has 0 amide bonds. The number of aliphatic imine (C=N–C) groups is 1. The first-order chi connectivity index (χ1) is 13.0. The Kier molecular flexibility index (Phi) is 7.40. The van der Waals surface area contributed by atoms with Crippen LogP contribution in [0.5, 0.6) is 11.5 Å². The summed E-state index contributed by atoms with van der Waals surface area (Å²) in [6, 6.07) is 8.71. The van der Waals surface area contributed by atoms with Crippen molar-refractivity contribution >= 4 is 5.96 Å². The van der Waals surface area contributed by atoms with Gasteiger partial charge in [-0.15, -0.1) is 0 Å².